The zero-order valence-corrected chi connectivity index (χ0v) is 20.6. The highest BCUT2D eigenvalue weighted by Gasteiger charge is 2.53. The van der Waals surface area contributed by atoms with Crippen molar-refractivity contribution in [2.75, 3.05) is 31.6 Å². The van der Waals surface area contributed by atoms with Crippen LogP contribution >= 0.6 is 0 Å². The molecule has 3 aliphatic rings. The molecule has 192 valence electrons. The maximum absolute atomic E-state index is 15.4. The van der Waals surface area contributed by atoms with Gasteiger partial charge in [0.05, 0.1) is 29.4 Å². The summed E-state index contributed by atoms with van der Waals surface area (Å²) in [5.74, 6) is -1.97. The second-order valence-electron chi connectivity index (χ2n) is 10.7. The number of aromatic nitrogens is 1. The fourth-order valence-corrected chi connectivity index (χ4v) is 4.95. The third-order valence-corrected chi connectivity index (χ3v) is 6.76. The molecular formula is C25H29FN4O6. The van der Waals surface area contributed by atoms with Crippen molar-refractivity contribution in [1.82, 2.24) is 14.9 Å². The molecule has 5 rings (SSSR count). The number of anilines is 1. The molecule has 1 spiro atoms. The average Bonchev–Trinajstić information content (AvgIpc) is 3.52. The van der Waals surface area contributed by atoms with Crippen molar-refractivity contribution in [1.29, 1.82) is 0 Å². The highest BCUT2D eigenvalue weighted by Crippen LogP contribution is 2.45. The van der Waals surface area contributed by atoms with Crippen LogP contribution in [-0.4, -0.2) is 59.0 Å². The Morgan fingerprint density at radius 1 is 1.19 bits per heavy atom. The van der Waals surface area contributed by atoms with Crippen LogP contribution < -0.4 is 15.8 Å². The van der Waals surface area contributed by atoms with Crippen LogP contribution in [0.5, 0.6) is 0 Å². The van der Waals surface area contributed by atoms with Gasteiger partial charge in [0.2, 0.25) is 5.43 Å². The number of carboxylic acid groups (broad SMARTS) is 1. The van der Waals surface area contributed by atoms with Gasteiger partial charge in [-0.05, 0) is 45.7 Å². The van der Waals surface area contributed by atoms with Gasteiger partial charge in [-0.2, -0.15) is 0 Å². The quantitative estimate of drug-likeness (QED) is 0.602. The maximum atomic E-state index is 15.4. The summed E-state index contributed by atoms with van der Waals surface area (Å²) in [6.45, 7) is 6.52. The molecule has 0 unspecified atom stereocenters. The summed E-state index contributed by atoms with van der Waals surface area (Å²) in [4.78, 5) is 45.4. The van der Waals surface area contributed by atoms with Gasteiger partial charge in [0.15, 0.2) is 0 Å². The number of pyridine rings is 1. The number of hydrogen-bond acceptors (Lipinski definition) is 7. The molecule has 1 saturated heterocycles. The number of aromatic carboxylic acids is 1. The number of rotatable bonds is 5. The number of carbonyl (C=O) groups excluding carboxylic acids is 1. The third-order valence-electron chi connectivity index (χ3n) is 6.76. The number of nitrogens with one attached hydrogen (secondary N) is 1. The van der Waals surface area contributed by atoms with Gasteiger partial charge in [-0.3, -0.25) is 15.1 Å². The Kier molecular flexibility index (Phi) is 5.51. The van der Waals surface area contributed by atoms with E-state index < -0.39 is 34.3 Å². The van der Waals surface area contributed by atoms with Crippen molar-refractivity contribution in [3.8, 4) is 0 Å². The first kappa shape index (κ1) is 24.1. The SMILES string of the molecule is CONC1=CN(c2cc3c(cc2F)c(=O)c(C(=O)O)cn3C2CC2)CC12CN(C(=O)OC(C)(C)C)C2. The lowest BCUT2D eigenvalue weighted by atomic mass is 9.78. The van der Waals surface area contributed by atoms with E-state index in [1.54, 1.807) is 47.4 Å². The molecule has 10 nitrogen and oxygen atoms in total. The third kappa shape index (κ3) is 4.06. The van der Waals surface area contributed by atoms with Crippen LogP contribution in [0, 0.1) is 11.2 Å². The number of carbonyl (C=O) groups is 2. The second-order valence-corrected chi connectivity index (χ2v) is 10.7. The summed E-state index contributed by atoms with van der Waals surface area (Å²) in [6.07, 6.45) is 4.40. The number of likely N-dealkylation sites (tertiary alicyclic amines) is 1. The Hall–Kier alpha value is -3.60. The fourth-order valence-electron chi connectivity index (χ4n) is 4.95. The zero-order valence-electron chi connectivity index (χ0n) is 20.6. The monoisotopic (exact) mass is 500 g/mol. The number of benzene rings is 1. The summed E-state index contributed by atoms with van der Waals surface area (Å²) in [7, 11) is 1.48. The first-order chi connectivity index (χ1) is 16.9. The van der Waals surface area contributed by atoms with Crippen LogP contribution in [0.3, 0.4) is 0 Å². The number of amides is 1. The topological polar surface area (TPSA) is 113 Å². The van der Waals surface area contributed by atoms with Gasteiger partial charge in [-0.1, -0.05) is 0 Å². The summed E-state index contributed by atoms with van der Waals surface area (Å²) < 4.78 is 22.6. The number of hydrogen-bond donors (Lipinski definition) is 2. The molecule has 1 saturated carbocycles. The number of carboxylic acids is 1. The Labute approximate surface area is 206 Å². The van der Waals surface area contributed by atoms with Crippen molar-refractivity contribution in [3.05, 3.63) is 51.8 Å². The first-order valence-electron chi connectivity index (χ1n) is 11.8. The standard InChI is InChI=1S/C25H29FN4O6/c1-24(2,3)36-23(34)29-12-25(13-29)11-28(10-20(25)27-35-4)19-8-18-15(7-17(19)26)21(31)16(22(32)33)9-30(18)14-5-6-14/h7-10,14,27H,5-6,11-13H2,1-4H3,(H,32,33). The van der Waals surface area contributed by atoms with Crippen LogP contribution in [0.2, 0.25) is 0 Å². The van der Waals surface area contributed by atoms with Gasteiger partial charge >= 0.3 is 12.1 Å². The molecule has 2 aromatic rings. The van der Waals surface area contributed by atoms with Crippen LogP contribution in [0.4, 0.5) is 14.9 Å². The van der Waals surface area contributed by atoms with Crippen LogP contribution in [-0.2, 0) is 9.57 Å². The highest BCUT2D eigenvalue weighted by molar-refractivity contribution is 5.93. The van der Waals surface area contributed by atoms with Gasteiger partial charge in [0.25, 0.3) is 0 Å². The van der Waals surface area contributed by atoms with E-state index in [9.17, 15) is 19.5 Å². The number of fused-ring (bicyclic) bond motifs is 1. The Morgan fingerprint density at radius 2 is 1.89 bits per heavy atom. The van der Waals surface area contributed by atoms with E-state index >= 15 is 4.39 Å². The Morgan fingerprint density at radius 3 is 2.47 bits per heavy atom. The normalized spacial score (nSPS) is 18.9. The Bertz CT molecular complexity index is 1350. The molecule has 1 amide bonds. The van der Waals surface area contributed by atoms with Crippen molar-refractivity contribution in [2.45, 2.75) is 45.3 Å². The Balaban J connectivity index is 1.49. The molecule has 2 fully saturated rings. The maximum Gasteiger partial charge on any atom is 0.410 e. The fraction of sp³-hybridized carbons (Fsp3) is 0.480. The van der Waals surface area contributed by atoms with Crippen molar-refractivity contribution < 1.29 is 28.7 Å². The minimum Gasteiger partial charge on any atom is -0.477 e. The molecule has 1 aromatic carbocycles. The van der Waals surface area contributed by atoms with Gasteiger partial charge in [-0.15, -0.1) is 0 Å². The first-order valence-corrected chi connectivity index (χ1v) is 11.8. The molecule has 1 aliphatic carbocycles. The van der Waals surface area contributed by atoms with Gasteiger partial charge in [0.1, 0.15) is 17.0 Å². The van der Waals surface area contributed by atoms with Gasteiger partial charge in [0, 0.05) is 43.5 Å². The van der Waals surface area contributed by atoms with Crippen molar-refractivity contribution in [2.24, 2.45) is 5.41 Å². The molecule has 11 heteroatoms. The van der Waals surface area contributed by atoms with Crippen molar-refractivity contribution >= 4 is 28.7 Å². The lowest BCUT2D eigenvalue weighted by Crippen LogP contribution is -2.62. The number of hydroxylamine groups is 1. The molecule has 0 atom stereocenters. The predicted octanol–water partition coefficient (Wildman–Crippen LogP) is 3.22. The molecule has 0 bridgehead atoms. The smallest absolute Gasteiger partial charge is 0.410 e. The van der Waals surface area contributed by atoms with E-state index in [1.165, 1.54) is 13.3 Å². The lowest BCUT2D eigenvalue weighted by molar-refractivity contribution is -0.0266. The van der Waals surface area contributed by atoms with E-state index in [4.69, 9.17) is 9.57 Å². The molecule has 1 aromatic heterocycles. The molecule has 2 aliphatic heterocycles. The molecule has 0 radical (unpaired) electrons. The van der Waals surface area contributed by atoms with Crippen LogP contribution in [0.15, 0.2) is 35.0 Å². The lowest BCUT2D eigenvalue weighted by Gasteiger charge is -2.49. The minimum absolute atomic E-state index is 0.0379. The van der Waals surface area contributed by atoms with E-state index in [0.29, 0.717) is 30.8 Å². The highest BCUT2D eigenvalue weighted by atomic mass is 19.1. The van der Waals surface area contributed by atoms with E-state index in [2.05, 4.69) is 5.48 Å². The minimum atomic E-state index is -1.33. The number of halogens is 1. The van der Waals surface area contributed by atoms with E-state index in [1.807, 2.05) is 0 Å². The zero-order chi connectivity index (χ0) is 26.0. The van der Waals surface area contributed by atoms with E-state index in [-0.39, 0.29) is 22.7 Å². The van der Waals surface area contributed by atoms with Crippen LogP contribution in [0.1, 0.15) is 50.0 Å². The molecule has 3 heterocycles. The van der Waals surface area contributed by atoms with E-state index in [0.717, 1.165) is 18.9 Å². The molecular weight excluding hydrogens is 471 g/mol. The number of nitrogens with zero attached hydrogens (tertiary/aromatic N) is 3. The summed E-state index contributed by atoms with van der Waals surface area (Å²) >= 11 is 0. The van der Waals surface area contributed by atoms with Gasteiger partial charge < -0.3 is 24.2 Å². The summed E-state index contributed by atoms with van der Waals surface area (Å²) in [6, 6.07) is 2.79. The van der Waals surface area contributed by atoms with Crippen molar-refractivity contribution in [3.63, 3.8) is 0 Å². The van der Waals surface area contributed by atoms with Gasteiger partial charge in [-0.25, -0.2) is 14.0 Å². The molecule has 36 heavy (non-hydrogen) atoms. The summed E-state index contributed by atoms with van der Waals surface area (Å²) in [5.41, 5.74) is 2.12. The predicted molar refractivity (Wildman–Crippen MR) is 129 cm³/mol. The molecule has 2 N–H and O–H groups in total. The second kappa shape index (κ2) is 8.22. The number of ether oxygens (including phenoxy) is 1. The summed E-state index contributed by atoms with van der Waals surface area (Å²) in [5, 5.41) is 9.50. The largest absolute Gasteiger partial charge is 0.477 e. The van der Waals surface area contributed by atoms with Crippen LogP contribution in [0.25, 0.3) is 10.9 Å². The average molecular weight is 501 g/mol.